The lowest BCUT2D eigenvalue weighted by Crippen LogP contribution is -2.42. The molecule has 5 rings (SSSR count). The summed E-state index contributed by atoms with van der Waals surface area (Å²) in [6.45, 7) is 0. The molecule has 0 amide bonds. The van der Waals surface area contributed by atoms with Crippen LogP contribution in [-0.2, 0) is 10.2 Å². The molecule has 0 heterocycles. The smallest absolute Gasteiger partial charge is 0.336 e. The van der Waals surface area contributed by atoms with Gasteiger partial charge in [-0.05, 0) is 40.3 Å². The maximum atomic E-state index is 13.0. The van der Waals surface area contributed by atoms with Crippen molar-refractivity contribution in [3.8, 4) is 0 Å². The predicted octanol–water partition coefficient (Wildman–Crippen LogP) is 6.09. The van der Waals surface area contributed by atoms with Gasteiger partial charge in [-0.1, -0.05) is 91.0 Å². The molecule has 0 aliphatic heterocycles. The third-order valence-corrected chi connectivity index (χ3v) is 6.54. The minimum atomic E-state index is -1.73. The number of aromatic carboxylic acids is 1. The van der Waals surface area contributed by atoms with E-state index < -0.39 is 23.4 Å². The van der Waals surface area contributed by atoms with E-state index in [4.69, 9.17) is 0 Å². The summed E-state index contributed by atoms with van der Waals surface area (Å²) in [4.78, 5) is 25.0. The first-order valence-corrected chi connectivity index (χ1v) is 11.0. The highest BCUT2D eigenvalue weighted by Gasteiger charge is 2.51. The molecule has 3 aromatic carbocycles. The Kier molecular flexibility index (Phi) is 5.42. The number of fused-ring (bicyclic) bond motifs is 2. The quantitative estimate of drug-likeness (QED) is 0.460. The summed E-state index contributed by atoms with van der Waals surface area (Å²) in [6, 6.07) is 20.4. The highest BCUT2D eigenvalue weighted by atomic mass is 16.4. The summed E-state index contributed by atoms with van der Waals surface area (Å²) in [7, 11) is 0. The van der Waals surface area contributed by atoms with E-state index in [-0.39, 0.29) is 17.2 Å². The van der Waals surface area contributed by atoms with Crippen molar-refractivity contribution in [2.75, 3.05) is 0 Å². The standard InChI is InChI=1S/C28H22N2O4/c31-26(32)22-13-5-6-14-23(22)28(27(33)34)17-16-19-9-2-4-12-21(19)25(28)30-29-24-15-7-10-18-8-1-3-11-20(18)24/h1-14,16-17,24-25H,15H2,(H,31,32)(H,33,34). The van der Waals surface area contributed by atoms with Crippen LogP contribution in [0.4, 0.5) is 0 Å². The monoisotopic (exact) mass is 450 g/mol. The van der Waals surface area contributed by atoms with Crippen LogP contribution in [-0.4, -0.2) is 22.2 Å². The molecule has 6 heteroatoms. The van der Waals surface area contributed by atoms with Gasteiger partial charge in [0, 0.05) is 0 Å². The molecule has 3 unspecified atom stereocenters. The molecule has 2 N–H and O–H groups in total. The highest BCUT2D eigenvalue weighted by molar-refractivity contribution is 5.96. The van der Waals surface area contributed by atoms with Gasteiger partial charge in [-0.2, -0.15) is 10.2 Å². The summed E-state index contributed by atoms with van der Waals surface area (Å²) in [5, 5.41) is 29.7. The average Bonchev–Trinajstić information content (AvgIpc) is 2.87. The Morgan fingerprint density at radius 1 is 0.794 bits per heavy atom. The molecule has 2 aliphatic rings. The number of rotatable bonds is 5. The minimum Gasteiger partial charge on any atom is -0.480 e. The van der Waals surface area contributed by atoms with Crippen molar-refractivity contribution in [2.45, 2.75) is 23.9 Å². The molecule has 34 heavy (non-hydrogen) atoms. The summed E-state index contributed by atoms with van der Waals surface area (Å²) >= 11 is 0. The van der Waals surface area contributed by atoms with Crippen molar-refractivity contribution in [1.82, 2.24) is 0 Å². The first-order chi connectivity index (χ1) is 16.5. The third-order valence-electron chi connectivity index (χ3n) is 6.54. The molecule has 3 aromatic rings. The first kappa shape index (κ1) is 21.5. The fourth-order valence-corrected chi connectivity index (χ4v) is 4.87. The zero-order valence-electron chi connectivity index (χ0n) is 18.2. The predicted molar refractivity (Wildman–Crippen MR) is 129 cm³/mol. The Morgan fingerprint density at radius 3 is 2.18 bits per heavy atom. The number of hydrogen-bond donors (Lipinski definition) is 2. The molecule has 168 valence electrons. The fourth-order valence-electron chi connectivity index (χ4n) is 4.87. The lowest BCUT2D eigenvalue weighted by Gasteiger charge is -2.36. The summed E-state index contributed by atoms with van der Waals surface area (Å²) in [6.07, 6.45) is 8.01. The molecule has 2 aliphatic carbocycles. The van der Waals surface area contributed by atoms with Crippen LogP contribution in [0.25, 0.3) is 12.2 Å². The van der Waals surface area contributed by atoms with Gasteiger partial charge in [0.2, 0.25) is 0 Å². The largest absolute Gasteiger partial charge is 0.480 e. The van der Waals surface area contributed by atoms with Crippen LogP contribution >= 0.6 is 0 Å². The Bertz CT molecular complexity index is 1370. The van der Waals surface area contributed by atoms with E-state index in [1.165, 1.54) is 6.07 Å². The van der Waals surface area contributed by atoms with Gasteiger partial charge in [0.25, 0.3) is 0 Å². The second-order valence-electron chi connectivity index (χ2n) is 8.40. The lowest BCUT2D eigenvalue weighted by molar-refractivity contribution is -0.142. The Balaban J connectivity index is 1.69. The summed E-state index contributed by atoms with van der Waals surface area (Å²) in [5.41, 5.74) is 1.99. The van der Waals surface area contributed by atoms with Gasteiger partial charge in [-0.3, -0.25) is 4.79 Å². The number of carboxylic acids is 2. The van der Waals surface area contributed by atoms with Gasteiger partial charge in [0.1, 0.15) is 11.5 Å². The molecular weight excluding hydrogens is 428 g/mol. The number of hydrogen-bond acceptors (Lipinski definition) is 4. The van der Waals surface area contributed by atoms with Crippen LogP contribution in [0.1, 0.15) is 56.7 Å². The van der Waals surface area contributed by atoms with Gasteiger partial charge in [-0.15, -0.1) is 0 Å². The summed E-state index contributed by atoms with van der Waals surface area (Å²) in [5.74, 6) is -2.37. The maximum Gasteiger partial charge on any atom is 0.336 e. The topological polar surface area (TPSA) is 99.3 Å². The molecular formula is C28H22N2O4. The maximum absolute atomic E-state index is 13.0. The SMILES string of the molecule is O=C(O)c1ccccc1C1(C(=O)O)C=Cc2ccccc2C1N=NC1CC=Cc2ccccc21. The van der Waals surface area contributed by atoms with Crippen molar-refractivity contribution in [2.24, 2.45) is 10.2 Å². The molecule has 0 bridgehead atoms. The van der Waals surface area contributed by atoms with Crippen LogP contribution in [0.15, 0.2) is 95.2 Å². The van der Waals surface area contributed by atoms with E-state index in [1.807, 2.05) is 60.7 Å². The van der Waals surface area contributed by atoms with Crippen LogP contribution in [0.5, 0.6) is 0 Å². The lowest BCUT2D eigenvalue weighted by atomic mass is 9.67. The molecule has 0 radical (unpaired) electrons. The van der Waals surface area contributed by atoms with E-state index in [0.717, 1.165) is 16.7 Å². The normalized spacial score (nSPS) is 22.8. The summed E-state index contributed by atoms with van der Waals surface area (Å²) < 4.78 is 0. The van der Waals surface area contributed by atoms with E-state index >= 15 is 0 Å². The van der Waals surface area contributed by atoms with E-state index in [2.05, 4.69) is 10.2 Å². The van der Waals surface area contributed by atoms with Crippen molar-refractivity contribution in [1.29, 1.82) is 0 Å². The molecule has 0 aromatic heterocycles. The number of carboxylic acid groups (broad SMARTS) is 2. The molecule has 0 spiro atoms. The minimum absolute atomic E-state index is 0.0694. The van der Waals surface area contributed by atoms with Crippen LogP contribution < -0.4 is 0 Å². The average molecular weight is 450 g/mol. The zero-order valence-corrected chi connectivity index (χ0v) is 18.2. The van der Waals surface area contributed by atoms with Crippen LogP contribution in [0, 0.1) is 0 Å². The van der Waals surface area contributed by atoms with Gasteiger partial charge in [-0.25, -0.2) is 4.79 Å². The second kappa shape index (κ2) is 8.56. The Morgan fingerprint density at radius 2 is 1.44 bits per heavy atom. The first-order valence-electron chi connectivity index (χ1n) is 11.0. The number of nitrogens with zero attached hydrogens (tertiary/aromatic N) is 2. The van der Waals surface area contributed by atoms with Crippen molar-refractivity contribution in [3.63, 3.8) is 0 Å². The van der Waals surface area contributed by atoms with Gasteiger partial charge in [0.15, 0.2) is 0 Å². The molecule has 3 atom stereocenters. The molecule has 0 saturated heterocycles. The van der Waals surface area contributed by atoms with Crippen LogP contribution in [0.2, 0.25) is 0 Å². The van der Waals surface area contributed by atoms with Crippen molar-refractivity contribution in [3.05, 3.63) is 118 Å². The Labute approximate surface area is 196 Å². The van der Waals surface area contributed by atoms with Crippen LogP contribution in [0.3, 0.4) is 0 Å². The Hall–Kier alpha value is -4.32. The zero-order chi connectivity index (χ0) is 23.7. The molecule has 0 fully saturated rings. The molecule has 0 saturated carbocycles. The number of aliphatic carboxylic acids is 1. The van der Waals surface area contributed by atoms with Crippen molar-refractivity contribution < 1.29 is 19.8 Å². The van der Waals surface area contributed by atoms with Gasteiger partial charge < -0.3 is 10.2 Å². The highest BCUT2D eigenvalue weighted by Crippen LogP contribution is 2.48. The van der Waals surface area contributed by atoms with Gasteiger partial charge >= 0.3 is 11.9 Å². The van der Waals surface area contributed by atoms with E-state index in [0.29, 0.717) is 12.0 Å². The van der Waals surface area contributed by atoms with Crippen molar-refractivity contribution >= 4 is 24.1 Å². The third kappa shape index (κ3) is 3.44. The van der Waals surface area contributed by atoms with E-state index in [9.17, 15) is 19.8 Å². The number of azo groups is 1. The fraction of sp³-hybridized carbons (Fsp3) is 0.143. The molecule has 6 nitrogen and oxygen atoms in total. The van der Waals surface area contributed by atoms with E-state index in [1.54, 1.807) is 30.4 Å². The van der Waals surface area contributed by atoms with Gasteiger partial charge in [0.05, 0.1) is 11.6 Å². The number of carbonyl (C=O) groups is 2. The second-order valence-corrected chi connectivity index (χ2v) is 8.40. The number of benzene rings is 3.